The Morgan fingerprint density at radius 3 is 2.46 bits per heavy atom. The van der Waals surface area contributed by atoms with Gasteiger partial charge in [-0.2, -0.15) is 0 Å². The summed E-state index contributed by atoms with van der Waals surface area (Å²) in [6, 6.07) is 16.3. The molecule has 0 saturated carbocycles. The van der Waals surface area contributed by atoms with Crippen LogP contribution in [0.5, 0.6) is 5.75 Å². The fraction of sp³-hybridized carbons (Fsp3) is 0.222. The van der Waals surface area contributed by atoms with Gasteiger partial charge in [-0.25, -0.2) is 4.79 Å². The first-order valence-electron chi connectivity index (χ1n) is 7.68. The molecule has 2 rings (SSSR count). The molecule has 0 fully saturated rings. The lowest BCUT2D eigenvalue weighted by atomic mass is 10.2. The molecule has 0 saturated heterocycles. The van der Waals surface area contributed by atoms with Crippen LogP contribution in [0.15, 0.2) is 54.6 Å². The number of hydrogen-bond acceptors (Lipinski definition) is 5. The molecule has 126 valence electrons. The summed E-state index contributed by atoms with van der Waals surface area (Å²) in [5.74, 6) is 0.674. The average Bonchev–Trinajstić information content (AvgIpc) is 2.61. The smallest absolute Gasteiger partial charge is 0.413 e. The van der Waals surface area contributed by atoms with Crippen molar-refractivity contribution in [2.75, 3.05) is 13.2 Å². The fourth-order valence-corrected chi connectivity index (χ4v) is 1.92. The standard InChI is InChI=1S/C18H21N3O3/c19-11-4-12-23-16-9-7-15(8-10-16)17(20)21-18(22)24-13-14-5-2-1-3-6-14/h1-3,5-10H,4,11-13,19H2,(H2,20,21,22). The van der Waals surface area contributed by atoms with Gasteiger partial charge in [0.1, 0.15) is 18.2 Å². The molecular formula is C18H21N3O3. The van der Waals surface area contributed by atoms with Crippen molar-refractivity contribution < 1.29 is 14.3 Å². The lowest BCUT2D eigenvalue weighted by Crippen LogP contribution is -2.30. The van der Waals surface area contributed by atoms with Crippen LogP contribution in [0.1, 0.15) is 17.5 Å². The summed E-state index contributed by atoms with van der Waals surface area (Å²) in [7, 11) is 0. The van der Waals surface area contributed by atoms with Gasteiger partial charge >= 0.3 is 6.09 Å². The Kier molecular flexibility index (Phi) is 6.79. The Labute approximate surface area is 141 Å². The van der Waals surface area contributed by atoms with E-state index in [1.54, 1.807) is 24.3 Å². The number of hydrogen-bond donors (Lipinski definition) is 3. The van der Waals surface area contributed by atoms with Gasteiger partial charge in [0, 0.05) is 5.56 Å². The third kappa shape index (κ3) is 5.73. The van der Waals surface area contributed by atoms with E-state index in [1.165, 1.54) is 0 Å². The highest BCUT2D eigenvalue weighted by molar-refractivity contribution is 6.04. The maximum Gasteiger partial charge on any atom is 0.413 e. The van der Waals surface area contributed by atoms with Gasteiger partial charge < -0.3 is 15.2 Å². The van der Waals surface area contributed by atoms with Crippen molar-refractivity contribution in [2.45, 2.75) is 13.0 Å². The van der Waals surface area contributed by atoms with Gasteiger partial charge in [0.2, 0.25) is 0 Å². The summed E-state index contributed by atoms with van der Waals surface area (Å²) in [6.45, 7) is 1.29. The van der Waals surface area contributed by atoms with Crippen LogP contribution in [0.3, 0.4) is 0 Å². The molecule has 6 heteroatoms. The van der Waals surface area contributed by atoms with E-state index in [2.05, 4.69) is 5.32 Å². The van der Waals surface area contributed by atoms with Gasteiger partial charge in [-0.15, -0.1) is 0 Å². The van der Waals surface area contributed by atoms with Crippen molar-refractivity contribution in [1.82, 2.24) is 5.32 Å². The molecule has 1 amide bonds. The monoisotopic (exact) mass is 327 g/mol. The van der Waals surface area contributed by atoms with Gasteiger partial charge in [0.15, 0.2) is 0 Å². The normalized spacial score (nSPS) is 10.0. The van der Waals surface area contributed by atoms with E-state index < -0.39 is 6.09 Å². The van der Waals surface area contributed by atoms with Gasteiger partial charge in [-0.1, -0.05) is 30.3 Å². The van der Waals surface area contributed by atoms with Crippen LogP contribution >= 0.6 is 0 Å². The second-order valence-electron chi connectivity index (χ2n) is 5.08. The number of alkyl carbamates (subject to hydrolysis) is 1. The van der Waals surface area contributed by atoms with Crippen LogP contribution in [-0.2, 0) is 11.3 Å². The first kappa shape index (κ1) is 17.5. The summed E-state index contributed by atoms with van der Waals surface area (Å²) in [5.41, 5.74) is 6.86. The molecule has 0 unspecified atom stereocenters. The van der Waals surface area contributed by atoms with Crippen molar-refractivity contribution in [3.05, 3.63) is 65.7 Å². The zero-order chi connectivity index (χ0) is 17.2. The number of ether oxygens (including phenoxy) is 2. The Balaban J connectivity index is 1.79. The van der Waals surface area contributed by atoms with Gasteiger partial charge in [-0.3, -0.25) is 10.7 Å². The van der Waals surface area contributed by atoms with E-state index in [0.717, 1.165) is 12.0 Å². The highest BCUT2D eigenvalue weighted by Gasteiger charge is 2.08. The third-order valence-electron chi connectivity index (χ3n) is 3.20. The number of nitrogens with two attached hydrogens (primary N) is 1. The second kappa shape index (κ2) is 9.32. The molecule has 2 aromatic carbocycles. The van der Waals surface area contributed by atoms with Crippen LogP contribution in [0.4, 0.5) is 4.79 Å². The third-order valence-corrected chi connectivity index (χ3v) is 3.20. The van der Waals surface area contributed by atoms with Crippen LogP contribution < -0.4 is 15.8 Å². The Morgan fingerprint density at radius 1 is 1.08 bits per heavy atom. The number of nitrogens with one attached hydrogen (secondary N) is 2. The SMILES string of the molecule is N=C(NC(=O)OCc1ccccc1)c1ccc(OCCCN)cc1. The highest BCUT2D eigenvalue weighted by atomic mass is 16.5. The Bertz CT molecular complexity index is 657. The second-order valence-corrected chi connectivity index (χ2v) is 5.08. The van der Waals surface area contributed by atoms with E-state index in [4.69, 9.17) is 20.6 Å². The van der Waals surface area contributed by atoms with Crippen molar-refractivity contribution in [2.24, 2.45) is 5.73 Å². The van der Waals surface area contributed by atoms with Gasteiger partial charge in [0.25, 0.3) is 0 Å². The zero-order valence-electron chi connectivity index (χ0n) is 13.3. The predicted octanol–water partition coefficient (Wildman–Crippen LogP) is 2.67. The molecule has 0 aromatic heterocycles. The molecule has 0 aliphatic carbocycles. The summed E-state index contributed by atoms with van der Waals surface area (Å²) in [4.78, 5) is 11.7. The van der Waals surface area contributed by atoms with Crippen LogP contribution in [0.25, 0.3) is 0 Å². The number of benzene rings is 2. The maximum atomic E-state index is 11.7. The summed E-state index contributed by atoms with van der Waals surface area (Å²) in [5, 5.41) is 10.3. The quantitative estimate of drug-likeness (QED) is 0.414. The maximum absolute atomic E-state index is 11.7. The number of amidine groups is 1. The Morgan fingerprint density at radius 2 is 1.79 bits per heavy atom. The Hall–Kier alpha value is -2.86. The number of rotatable bonds is 7. The molecular weight excluding hydrogens is 306 g/mol. The van der Waals surface area contributed by atoms with Crippen LogP contribution in [-0.4, -0.2) is 25.1 Å². The summed E-state index contributed by atoms with van der Waals surface area (Å²) in [6.07, 6.45) is 0.124. The van der Waals surface area contributed by atoms with Crippen LogP contribution in [0.2, 0.25) is 0 Å². The minimum Gasteiger partial charge on any atom is -0.494 e. The minimum absolute atomic E-state index is 0.0263. The molecule has 4 N–H and O–H groups in total. The topological polar surface area (TPSA) is 97.4 Å². The molecule has 0 aliphatic heterocycles. The number of carbonyl (C=O) groups is 1. The first-order valence-corrected chi connectivity index (χ1v) is 7.68. The molecule has 0 bridgehead atoms. The zero-order valence-corrected chi connectivity index (χ0v) is 13.3. The summed E-state index contributed by atoms with van der Waals surface area (Å²) < 4.78 is 10.6. The van der Waals surface area contributed by atoms with E-state index in [1.807, 2.05) is 30.3 Å². The molecule has 0 radical (unpaired) electrons. The molecule has 0 aliphatic rings. The molecule has 24 heavy (non-hydrogen) atoms. The van der Waals surface area contributed by atoms with Crippen LogP contribution in [0, 0.1) is 5.41 Å². The highest BCUT2D eigenvalue weighted by Crippen LogP contribution is 2.12. The molecule has 2 aromatic rings. The van der Waals surface area contributed by atoms with E-state index in [0.29, 0.717) is 24.5 Å². The van der Waals surface area contributed by atoms with Gasteiger partial charge in [0.05, 0.1) is 6.61 Å². The largest absolute Gasteiger partial charge is 0.494 e. The van der Waals surface area contributed by atoms with E-state index in [-0.39, 0.29) is 12.4 Å². The minimum atomic E-state index is -0.660. The van der Waals surface area contributed by atoms with Crippen molar-refractivity contribution >= 4 is 11.9 Å². The van der Waals surface area contributed by atoms with Crippen molar-refractivity contribution in [3.8, 4) is 5.75 Å². The van der Waals surface area contributed by atoms with Gasteiger partial charge in [-0.05, 0) is 42.8 Å². The van der Waals surface area contributed by atoms with E-state index >= 15 is 0 Å². The lowest BCUT2D eigenvalue weighted by molar-refractivity contribution is 0.145. The van der Waals surface area contributed by atoms with Crippen molar-refractivity contribution in [3.63, 3.8) is 0 Å². The molecule has 0 heterocycles. The summed E-state index contributed by atoms with van der Waals surface area (Å²) >= 11 is 0. The molecule has 0 atom stereocenters. The average molecular weight is 327 g/mol. The lowest BCUT2D eigenvalue weighted by Gasteiger charge is -2.09. The van der Waals surface area contributed by atoms with E-state index in [9.17, 15) is 4.79 Å². The number of carbonyl (C=O) groups excluding carboxylic acids is 1. The number of amides is 1. The molecule has 0 spiro atoms. The fourth-order valence-electron chi connectivity index (χ4n) is 1.92. The predicted molar refractivity (Wildman–Crippen MR) is 92.2 cm³/mol. The molecule has 6 nitrogen and oxygen atoms in total. The first-order chi connectivity index (χ1) is 11.7. The van der Waals surface area contributed by atoms with Crippen molar-refractivity contribution in [1.29, 1.82) is 5.41 Å².